The first-order valence-electron chi connectivity index (χ1n) is 10.3. The van der Waals surface area contributed by atoms with Crippen LogP contribution in [0.2, 0.25) is 10.0 Å². The fourth-order valence-corrected chi connectivity index (χ4v) is 3.43. The molecule has 0 fully saturated rings. The number of carbonyl (C=O) groups excluding carboxylic acids is 2. The summed E-state index contributed by atoms with van der Waals surface area (Å²) >= 11 is 12.0. The van der Waals surface area contributed by atoms with Gasteiger partial charge in [-0.2, -0.15) is 0 Å². The summed E-state index contributed by atoms with van der Waals surface area (Å²) in [5, 5.41) is 3.44. The maximum Gasteiger partial charge on any atom is 0.322 e. The minimum absolute atomic E-state index is 0.160. The summed E-state index contributed by atoms with van der Waals surface area (Å²) in [6.07, 6.45) is 1.53. The summed E-state index contributed by atoms with van der Waals surface area (Å²) in [6.45, 7) is 3.92. The van der Waals surface area contributed by atoms with Gasteiger partial charge in [0.1, 0.15) is 18.1 Å². The Morgan fingerprint density at radius 2 is 1.76 bits per heavy atom. The molecule has 0 aliphatic carbocycles. The van der Waals surface area contributed by atoms with Crippen LogP contribution in [0, 0.1) is 5.82 Å². The van der Waals surface area contributed by atoms with Gasteiger partial charge in [0, 0.05) is 18.3 Å². The Morgan fingerprint density at radius 1 is 1.03 bits per heavy atom. The largest absolute Gasteiger partial charge is 0.467 e. The van der Waals surface area contributed by atoms with E-state index in [1.165, 1.54) is 23.3 Å². The zero-order valence-corrected chi connectivity index (χ0v) is 19.7. The fraction of sp³-hybridized carbons (Fsp3) is 0.250. The number of rotatable bonds is 8. The molecule has 174 valence electrons. The predicted octanol–water partition coefficient (Wildman–Crippen LogP) is 6.20. The van der Waals surface area contributed by atoms with E-state index in [1.54, 1.807) is 47.4 Å². The molecular weight excluding hydrogens is 468 g/mol. The molecule has 3 rings (SSSR count). The minimum atomic E-state index is -0.448. The number of hydrogen-bond donors (Lipinski definition) is 1. The molecule has 0 unspecified atom stereocenters. The van der Waals surface area contributed by atoms with Crippen molar-refractivity contribution in [3.05, 3.63) is 88.0 Å². The van der Waals surface area contributed by atoms with Gasteiger partial charge in [-0.1, -0.05) is 35.3 Å². The van der Waals surface area contributed by atoms with Gasteiger partial charge in [0.2, 0.25) is 5.91 Å². The van der Waals surface area contributed by atoms with E-state index in [4.69, 9.17) is 27.6 Å². The van der Waals surface area contributed by atoms with Gasteiger partial charge >= 0.3 is 6.03 Å². The molecule has 0 radical (unpaired) electrons. The summed E-state index contributed by atoms with van der Waals surface area (Å²) in [5.41, 5.74) is 1.22. The van der Waals surface area contributed by atoms with Crippen molar-refractivity contribution in [3.8, 4) is 0 Å². The highest BCUT2D eigenvalue weighted by Crippen LogP contribution is 2.25. The van der Waals surface area contributed by atoms with Crippen molar-refractivity contribution < 1.29 is 18.4 Å². The third kappa shape index (κ3) is 6.97. The molecule has 3 amide bonds. The number of carbonyl (C=O) groups is 2. The van der Waals surface area contributed by atoms with E-state index in [2.05, 4.69) is 5.32 Å². The van der Waals surface area contributed by atoms with E-state index in [-0.39, 0.29) is 37.4 Å². The number of amides is 3. The number of urea groups is 1. The van der Waals surface area contributed by atoms with Crippen LogP contribution in [0.4, 0.5) is 14.9 Å². The van der Waals surface area contributed by atoms with Gasteiger partial charge in [0.05, 0.1) is 22.9 Å². The molecule has 0 spiro atoms. The number of hydrogen-bond acceptors (Lipinski definition) is 3. The minimum Gasteiger partial charge on any atom is -0.467 e. The van der Waals surface area contributed by atoms with Crippen molar-refractivity contribution in [1.82, 2.24) is 9.80 Å². The lowest BCUT2D eigenvalue weighted by Crippen LogP contribution is -2.47. The quantitative estimate of drug-likeness (QED) is 0.408. The van der Waals surface area contributed by atoms with E-state index >= 15 is 0 Å². The third-order valence-electron chi connectivity index (χ3n) is 4.93. The smallest absolute Gasteiger partial charge is 0.322 e. The monoisotopic (exact) mass is 491 g/mol. The molecule has 33 heavy (non-hydrogen) atoms. The SMILES string of the molecule is CC(C)N(CC(=O)N(Cc1ccc(F)cc1)Cc1ccco1)C(=O)Nc1ccc(Cl)c(Cl)c1. The van der Waals surface area contributed by atoms with Gasteiger partial charge in [-0.05, 0) is 61.9 Å². The van der Waals surface area contributed by atoms with Crippen molar-refractivity contribution in [3.63, 3.8) is 0 Å². The molecule has 9 heteroatoms. The molecule has 1 N–H and O–H groups in total. The molecule has 0 aliphatic heterocycles. The van der Waals surface area contributed by atoms with Crippen LogP contribution in [0.5, 0.6) is 0 Å². The molecule has 0 saturated carbocycles. The molecule has 0 saturated heterocycles. The van der Waals surface area contributed by atoms with E-state index < -0.39 is 6.03 Å². The average molecular weight is 492 g/mol. The summed E-state index contributed by atoms with van der Waals surface area (Å²) in [4.78, 5) is 29.2. The van der Waals surface area contributed by atoms with Crippen LogP contribution in [0.1, 0.15) is 25.2 Å². The molecular formula is C24H24Cl2FN3O3. The van der Waals surface area contributed by atoms with E-state index in [9.17, 15) is 14.0 Å². The van der Waals surface area contributed by atoms with Gasteiger partial charge in [0.25, 0.3) is 0 Å². The molecule has 0 atom stereocenters. The molecule has 1 aromatic heterocycles. The van der Waals surface area contributed by atoms with Crippen molar-refractivity contribution in [2.45, 2.75) is 33.0 Å². The predicted molar refractivity (Wildman–Crippen MR) is 127 cm³/mol. The van der Waals surface area contributed by atoms with E-state index in [1.807, 2.05) is 13.8 Å². The summed E-state index contributed by atoms with van der Waals surface area (Å²) < 4.78 is 18.7. The van der Waals surface area contributed by atoms with E-state index in [0.29, 0.717) is 21.5 Å². The van der Waals surface area contributed by atoms with Crippen molar-refractivity contribution in [2.24, 2.45) is 0 Å². The van der Waals surface area contributed by atoms with E-state index in [0.717, 1.165) is 5.56 Å². The average Bonchev–Trinajstić information content (AvgIpc) is 3.28. The van der Waals surface area contributed by atoms with Crippen LogP contribution >= 0.6 is 23.2 Å². The summed E-state index contributed by atoms with van der Waals surface area (Å²) in [7, 11) is 0. The molecule has 2 aromatic carbocycles. The second kappa shape index (κ2) is 11.2. The summed E-state index contributed by atoms with van der Waals surface area (Å²) in [6, 6.07) is 13.5. The van der Waals surface area contributed by atoms with Crippen LogP contribution in [-0.4, -0.2) is 34.3 Å². The Balaban J connectivity index is 1.75. The van der Waals surface area contributed by atoms with Crippen molar-refractivity contribution in [1.29, 1.82) is 0 Å². The lowest BCUT2D eigenvalue weighted by atomic mass is 10.2. The maximum atomic E-state index is 13.3. The Morgan fingerprint density at radius 3 is 2.36 bits per heavy atom. The van der Waals surface area contributed by atoms with Gasteiger partial charge in [-0.15, -0.1) is 0 Å². The zero-order chi connectivity index (χ0) is 24.0. The first-order valence-corrected chi connectivity index (χ1v) is 11.1. The van der Waals surface area contributed by atoms with Crippen LogP contribution in [0.25, 0.3) is 0 Å². The normalized spacial score (nSPS) is 10.8. The highest BCUT2D eigenvalue weighted by molar-refractivity contribution is 6.42. The lowest BCUT2D eigenvalue weighted by Gasteiger charge is -2.30. The number of benzene rings is 2. The van der Waals surface area contributed by atoms with Crippen LogP contribution in [0.15, 0.2) is 65.3 Å². The highest BCUT2D eigenvalue weighted by Gasteiger charge is 2.24. The van der Waals surface area contributed by atoms with Gasteiger partial charge in [-0.25, -0.2) is 9.18 Å². The molecule has 1 heterocycles. The van der Waals surface area contributed by atoms with Crippen LogP contribution in [-0.2, 0) is 17.9 Å². The Labute approximate surface area is 201 Å². The van der Waals surface area contributed by atoms with Crippen LogP contribution in [0.3, 0.4) is 0 Å². The fourth-order valence-electron chi connectivity index (χ4n) is 3.14. The van der Waals surface area contributed by atoms with Crippen molar-refractivity contribution in [2.75, 3.05) is 11.9 Å². The molecule has 6 nitrogen and oxygen atoms in total. The Kier molecular flexibility index (Phi) is 8.36. The molecule has 3 aromatic rings. The number of halogens is 3. The first-order chi connectivity index (χ1) is 15.7. The summed E-state index contributed by atoms with van der Waals surface area (Å²) in [5.74, 6) is -0.0388. The maximum absolute atomic E-state index is 13.3. The standard InChI is InChI=1S/C24H24Cl2FN3O3/c1-16(2)30(24(32)28-19-9-10-21(25)22(26)12-19)15-23(31)29(14-20-4-3-11-33-20)13-17-5-7-18(27)8-6-17/h3-12,16H,13-15H2,1-2H3,(H,28,32). The highest BCUT2D eigenvalue weighted by atomic mass is 35.5. The number of furan rings is 1. The molecule has 0 bridgehead atoms. The Hall–Kier alpha value is -3.03. The van der Waals surface area contributed by atoms with Crippen molar-refractivity contribution >= 4 is 40.8 Å². The second-order valence-electron chi connectivity index (χ2n) is 7.74. The van der Waals surface area contributed by atoms with Crippen LogP contribution < -0.4 is 5.32 Å². The third-order valence-corrected chi connectivity index (χ3v) is 5.67. The lowest BCUT2D eigenvalue weighted by molar-refractivity contribution is -0.133. The number of nitrogens with zero attached hydrogens (tertiary/aromatic N) is 2. The topological polar surface area (TPSA) is 65.8 Å². The van der Waals surface area contributed by atoms with Gasteiger partial charge in [0.15, 0.2) is 0 Å². The first kappa shape index (κ1) is 24.6. The Bertz CT molecular complexity index is 1090. The second-order valence-corrected chi connectivity index (χ2v) is 8.55. The number of nitrogens with one attached hydrogen (secondary N) is 1. The zero-order valence-electron chi connectivity index (χ0n) is 18.2. The molecule has 0 aliphatic rings. The number of anilines is 1. The van der Waals surface area contributed by atoms with Gasteiger partial charge in [-0.3, -0.25) is 4.79 Å². The van der Waals surface area contributed by atoms with Gasteiger partial charge < -0.3 is 19.5 Å².